The molecule has 0 aliphatic carbocycles. The Hall–Kier alpha value is -1.77. The summed E-state index contributed by atoms with van der Waals surface area (Å²) in [6, 6.07) is 9.49. The van der Waals surface area contributed by atoms with Crippen molar-refractivity contribution < 1.29 is 9.90 Å². The van der Waals surface area contributed by atoms with E-state index in [9.17, 15) is 4.79 Å². The molecule has 70 valence electrons. The number of carboxylic acid groups (broad SMARTS) is 1. The molecule has 0 saturated heterocycles. The molecule has 3 N–H and O–H groups in total. The number of nitrogens with two attached hydrogens (primary N) is 1. The molecule has 0 saturated carbocycles. The summed E-state index contributed by atoms with van der Waals surface area (Å²) in [5.41, 5.74) is 6.18. The number of hydrogen-bond donors (Lipinski definition) is 2. The van der Waals surface area contributed by atoms with Gasteiger partial charge in [0.25, 0.3) is 0 Å². The largest absolute Gasteiger partial charge is 0.478 e. The highest BCUT2D eigenvalue weighted by Gasteiger charge is 1.76. The van der Waals surface area contributed by atoms with Crippen molar-refractivity contribution in [1.29, 1.82) is 0 Å². The van der Waals surface area contributed by atoms with E-state index in [2.05, 4.69) is 0 Å². The van der Waals surface area contributed by atoms with Gasteiger partial charge in [-0.1, -0.05) is 24.3 Å². The standard InChI is InChI=1S/C6H7N.C4H6O2/c7-6-4-2-1-3-5-6;1-2-3-4(5)6/h1-5H,7H2;2-3H,1H3,(H,5,6). The Balaban J connectivity index is 0.000000226. The molecule has 0 aromatic heterocycles. The zero-order chi connectivity index (χ0) is 10.1. The number of allylic oxidation sites excluding steroid dienone is 1. The summed E-state index contributed by atoms with van der Waals surface area (Å²) in [7, 11) is 0. The van der Waals surface area contributed by atoms with Gasteiger partial charge in [0.1, 0.15) is 0 Å². The number of para-hydroxylation sites is 1. The number of rotatable bonds is 1. The molecule has 1 aromatic rings. The van der Waals surface area contributed by atoms with Crippen LogP contribution >= 0.6 is 0 Å². The fourth-order valence-electron chi connectivity index (χ4n) is 0.596. The predicted molar refractivity (Wildman–Crippen MR) is 53.3 cm³/mol. The van der Waals surface area contributed by atoms with Crippen molar-refractivity contribution in [1.82, 2.24) is 0 Å². The van der Waals surface area contributed by atoms with Gasteiger partial charge in [-0.3, -0.25) is 0 Å². The van der Waals surface area contributed by atoms with Crippen LogP contribution in [-0.4, -0.2) is 11.1 Å². The molecule has 1 aromatic carbocycles. The summed E-state index contributed by atoms with van der Waals surface area (Å²) in [5, 5.41) is 7.83. The minimum atomic E-state index is -0.891. The van der Waals surface area contributed by atoms with Crippen LogP contribution in [0.25, 0.3) is 0 Å². The Morgan fingerprint density at radius 2 is 1.92 bits per heavy atom. The topological polar surface area (TPSA) is 63.3 Å². The Morgan fingerprint density at radius 1 is 1.38 bits per heavy atom. The van der Waals surface area contributed by atoms with E-state index in [4.69, 9.17) is 10.8 Å². The first-order chi connectivity index (χ1) is 6.16. The lowest BCUT2D eigenvalue weighted by molar-refractivity contribution is -0.131. The average molecular weight is 179 g/mol. The summed E-state index contributed by atoms with van der Waals surface area (Å²) in [6.07, 6.45) is 2.56. The van der Waals surface area contributed by atoms with Crippen LogP contribution in [0, 0.1) is 0 Å². The Morgan fingerprint density at radius 3 is 2.08 bits per heavy atom. The normalized spacial score (nSPS) is 9.00. The molecular formula is C10H13NO2. The predicted octanol–water partition coefficient (Wildman–Crippen LogP) is 1.92. The monoisotopic (exact) mass is 179 g/mol. The zero-order valence-electron chi connectivity index (χ0n) is 7.47. The lowest BCUT2D eigenvalue weighted by atomic mass is 10.3. The van der Waals surface area contributed by atoms with Crippen LogP contribution in [0.15, 0.2) is 42.5 Å². The van der Waals surface area contributed by atoms with Gasteiger partial charge in [0.05, 0.1) is 0 Å². The quantitative estimate of drug-likeness (QED) is 0.511. The SMILES string of the molecule is CC=CC(=O)O.Nc1ccccc1. The second-order valence-electron chi connectivity index (χ2n) is 2.25. The maximum atomic E-state index is 9.51. The van der Waals surface area contributed by atoms with Crippen molar-refractivity contribution in [2.75, 3.05) is 5.73 Å². The van der Waals surface area contributed by atoms with E-state index in [0.29, 0.717) is 0 Å². The molecule has 0 heterocycles. The van der Waals surface area contributed by atoms with E-state index in [-0.39, 0.29) is 0 Å². The summed E-state index contributed by atoms with van der Waals surface area (Å²) in [6.45, 7) is 1.66. The van der Waals surface area contributed by atoms with Crippen LogP contribution in [0.5, 0.6) is 0 Å². The van der Waals surface area contributed by atoms with Gasteiger partial charge in [0.2, 0.25) is 0 Å². The second kappa shape index (κ2) is 6.91. The van der Waals surface area contributed by atoms with Crippen LogP contribution in [0.4, 0.5) is 5.69 Å². The third-order valence-corrected chi connectivity index (χ3v) is 1.11. The minimum Gasteiger partial charge on any atom is -0.478 e. The fourth-order valence-corrected chi connectivity index (χ4v) is 0.596. The molecule has 0 bridgehead atoms. The number of carbonyl (C=O) groups is 1. The lowest BCUT2D eigenvalue weighted by Crippen LogP contribution is -1.83. The van der Waals surface area contributed by atoms with Gasteiger partial charge in [0.15, 0.2) is 0 Å². The van der Waals surface area contributed by atoms with Crippen LogP contribution in [0.3, 0.4) is 0 Å². The van der Waals surface area contributed by atoms with Gasteiger partial charge in [-0.15, -0.1) is 0 Å². The number of carboxylic acids is 1. The Bertz CT molecular complexity index is 268. The van der Waals surface area contributed by atoms with Gasteiger partial charge >= 0.3 is 5.97 Å². The summed E-state index contributed by atoms with van der Waals surface area (Å²) >= 11 is 0. The molecule has 0 radical (unpaired) electrons. The van der Waals surface area contributed by atoms with E-state index < -0.39 is 5.97 Å². The molecular weight excluding hydrogens is 166 g/mol. The molecule has 0 atom stereocenters. The molecule has 0 spiro atoms. The van der Waals surface area contributed by atoms with E-state index in [1.807, 2.05) is 30.3 Å². The van der Waals surface area contributed by atoms with Gasteiger partial charge in [-0.05, 0) is 19.1 Å². The molecule has 0 aliphatic rings. The van der Waals surface area contributed by atoms with Crippen LogP contribution in [-0.2, 0) is 4.79 Å². The summed E-state index contributed by atoms with van der Waals surface area (Å²) in [4.78, 5) is 9.51. The first-order valence-electron chi connectivity index (χ1n) is 3.83. The Labute approximate surface area is 77.5 Å². The maximum absolute atomic E-state index is 9.51. The molecule has 13 heavy (non-hydrogen) atoms. The maximum Gasteiger partial charge on any atom is 0.327 e. The molecule has 0 unspecified atom stereocenters. The number of benzene rings is 1. The number of nitrogen functional groups attached to an aromatic ring is 1. The minimum absolute atomic E-state index is 0.822. The van der Waals surface area contributed by atoms with Crippen molar-refractivity contribution >= 4 is 11.7 Å². The van der Waals surface area contributed by atoms with Crippen molar-refractivity contribution in [2.45, 2.75) is 6.92 Å². The van der Waals surface area contributed by atoms with Gasteiger partial charge in [-0.2, -0.15) is 0 Å². The highest BCUT2D eigenvalue weighted by atomic mass is 16.4. The second-order valence-corrected chi connectivity index (χ2v) is 2.25. The number of hydrogen-bond acceptors (Lipinski definition) is 2. The van der Waals surface area contributed by atoms with Crippen molar-refractivity contribution in [3.8, 4) is 0 Å². The van der Waals surface area contributed by atoms with Gasteiger partial charge in [0, 0.05) is 11.8 Å². The van der Waals surface area contributed by atoms with E-state index in [1.54, 1.807) is 6.92 Å². The van der Waals surface area contributed by atoms with Gasteiger partial charge < -0.3 is 10.8 Å². The van der Waals surface area contributed by atoms with E-state index in [1.165, 1.54) is 6.08 Å². The average Bonchev–Trinajstić information content (AvgIpc) is 2.06. The molecule has 3 nitrogen and oxygen atoms in total. The zero-order valence-corrected chi connectivity index (χ0v) is 7.47. The Kier molecular flexibility index (Phi) is 5.97. The molecule has 0 fully saturated rings. The first-order valence-corrected chi connectivity index (χ1v) is 3.83. The van der Waals surface area contributed by atoms with E-state index >= 15 is 0 Å². The lowest BCUT2D eigenvalue weighted by Gasteiger charge is -1.83. The fraction of sp³-hybridized carbons (Fsp3) is 0.100. The van der Waals surface area contributed by atoms with Crippen LogP contribution in [0.1, 0.15) is 6.92 Å². The summed E-state index contributed by atoms with van der Waals surface area (Å²) in [5.74, 6) is -0.891. The molecule has 0 aliphatic heterocycles. The first kappa shape index (κ1) is 11.2. The smallest absolute Gasteiger partial charge is 0.327 e. The highest BCUT2D eigenvalue weighted by Crippen LogP contribution is 1.95. The molecule has 3 heteroatoms. The van der Waals surface area contributed by atoms with Crippen molar-refractivity contribution in [2.24, 2.45) is 0 Å². The third-order valence-electron chi connectivity index (χ3n) is 1.11. The number of anilines is 1. The van der Waals surface area contributed by atoms with Crippen LogP contribution < -0.4 is 5.73 Å². The number of aliphatic carboxylic acids is 1. The van der Waals surface area contributed by atoms with Crippen molar-refractivity contribution in [3.05, 3.63) is 42.5 Å². The van der Waals surface area contributed by atoms with Gasteiger partial charge in [-0.25, -0.2) is 4.79 Å². The molecule has 1 rings (SSSR count). The van der Waals surface area contributed by atoms with E-state index in [0.717, 1.165) is 11.8 Å². The highest BCUT2D eigenvalue weighted by molar-refractivity contribution is 5.79. The summed E-state index contributed by atoms with van der Waals surface area (Å²) < 4.78 is 0. The third kappa shape index (κ3) is 8.13. The van der Waals surface area contributed by atoms with Crippen LogP contribution in [0.2, 0.25) is 0 Å². The van der Waals surface area contributed by atoms with Crippen molar-refractivity contribution in [3.63, 3.8) is 0 Å². The molecule has 0 amide bonds.